The Kier molecular flexibility index (Phi) is 7.70. The monoisotopic (exact) mass is 492 g/mol. The third kappa shape index (κ3) is 5.75. The van der Waals surface area contributed by atoms with Crippen molar-refractivity contribution in [3.05, 3.63) is 113 Å². The second kappa shape index (κ2) is 11.1. The van der Waals surface area contributed by atoms with Gasteiger partial charge in [-0.1, -0.05) is 66.5 Å². The fourth-order valence-electron chi connectivity index (χ4n) is 3.82. The van der Waals surface area contributed by atoms with Gasteiger partial charge in [0.2, 0.25) is 0 Å². The summed E-state index contributed by atoms with van der Waals surface area (Å²) in [6.07, 6.45) is 6.11. The number of hydrogen-bond donors (Lipinski definition) is 0. The Hall–Kier alpha value is -4.11. The average Bonchev–Trinajstić information content (AvgIpc) is 2.86. The minimum atomic E-state index is -3.37. The van der Waals surface area contributed by atoms with Gasteiger partial charge in [-0.15, -0.1) is 0 Å². The van der Waals surface area contributed by atoms with Crippen molar-refractivity contribution in [1.82, 2.24) is 0 Å². The van der Waals surface area contributed by atoms with Crippen LogP contribution < -0.4 is 4.74 Å². The number of fused-ring (bicyclic) bond motifs is 1. The summed E-state index contributed by atoms with van der Waals surface area (Å²) in [6.45, 7) is -1.37. The van der Waals surface area contributed by atoms with Crippen molar-refractivity contribution in [3.63, 3.8) is 0 Å². The zero-order chi connectivity index (χ0) is 25.7. The Morgan fingerprint density at radius 1 is 0.833 bits per heavy atom. The lowest BCUT2D eigenvalue weighted by Gasteiger charge is -2.08. The van der Waals surface area contributed by atoms with Crippen molar-refractivity contribution in [2.45, 2.75) is 26.4 Å². The maximum atomic E-state index is 15.1. The van der Waals surface area contributed by atoms with Crippen LogP contribution in [0.1, 0.15) is 30.0 Å². The molecule has 6 heteroatoms. The predicted molar refractivity (Wildman–Crippen MR) is 131 cm³/mol. The summed E-state index contributed by atoms with van der Waals surface area (Å²) >= 11 is 0. The van der Waals surface area contributed by atoms with Gasteiger partial charge >= 0.3 is 6.61 Å². The molecule has 4 rings (SSSR count). The normalized spacial score (nSPS) is 11.2. The number of hydrogen-bond acceptors (Lipinski definition) is 1. The van der Waals surface area contributed by atoms with Gasteiger partial charge in [-0.3, -0.25) is 0 Å². The number of ether oxygens (including phenoxy) is 1. The number of halogens is 5. The zero-order valence-corrected chi connectivity index (χ0v) is 19.3. The summed E-state index contributed by atoms with van der Waals surface area (Å²) in [6, 6.07) is 18.3. The van der Waals surface area contributed by atoms with Crippen LogP contribution in [0, 0.1) is 29.3 Å². The molecule has 0 saturated heterocycles. The summed E-state index contributed by atoms with van der Waals surface area (Å²) < 4.78 is 71.3. The standard InChI is InChI=1S/C30H21F5O/c1-2-3-4-5-19-6-9-21(10-7-19)23-14-15-25-24(18-23)13-12-22(28(25)33)11-8-20-16-26(31)29(27(32)17-20)36-30(34)35/h2-3,6-7,9-10,12-18,30H,4-5H2,1H3/b3-2+. The molecule has 4 aromatic rings. The van der Waals surface area contributed by atoms with Crippen LogP contribution in [0.3, 0.4) is 0 Å². The summed E-state index contributed by atoms with van der Waals surface area (Å²) in [5, 5.41) is 1.03. The van der Waals surface area contributed by atoms with Crippen molar-refractivity contribution >= 4 is 10.8 Å². The van der Waals surface area contributed by atoms with Crippen LogP contribution in [-0.4, -0.2) is 6.61 Å². The number of allylic oxidation sites excluding steroid dienone is 2. The van der Waals surface area contributed by atoms with Gasteiger partial charge in [0, 0.05) is 10.9 Å². The lowest BCUT2D eigenvalue weighted by atomic mass is 9.98. The highest BCUT2D eigenvalue weighted by atomic mass is 19.3. The molecule has 1 nitrogen and oxygen atoms in total. The van der Waals surface area contributed by atoms with Gasteiger partial charge in [0.1, 0.15) is 5.82 Å². The van der Waals surface area contributed by atoms with Crippen molar-refractivity contribution in [2.75, 3.05) is 0 Å². The molecule has 0 aliphatic heterocycles. The quantitative estimate of drug-likeness (QED) is 0.149. The lowest BCUT2D eigenvalue weighted by molar-refractivity contribution is -0.0546. The van der Waals surface area contributed by atoms with Gasteiger partial charge in [0.25, 0.3) is 0 Å². The van der Waals surface area contributed by atoms with E-state index in [1.54, 1.807) is 12.1 Å². The first kappa shape index (κ1) is 25.0. The summed E-state index contributed by atoms with van der Waals surface area (Å²) in [4.78, 5) is 0. The predicted octanol–water partition coefficient (Wildman–Crippen LogP) is 8.43. The maximum absolute atomic E-state index is 15.1. The molecule has 182 valence electrons. The first-order valence-corrected chi connectivity index (χ1v) is 11.2. The molecule has 0 spiro atoms. The van der Waals surface area contributed by atoms with Gasteiger partial charge in [-0.05, 0) is 66.1 Å². The molecular weight excluding hydrogens is 471 g/mol. The molecule has 36 heavy (non-hydrogen) atoms. The van der Waals surface area contributed by atoms with Gasteiger partial charge in [-0.2, -0.15) is 8.78 Å². The molecular formula is C30H21F5O. The van der Waals surface area contributed by atoms with E-state index in [-0.39, 0.29) is 11.1 Å². The molecule has 4 aromatic carbocycles. The second-order valence-corrected chi connectivity index (χ2v) is 8.07. The van der Waals surface area contributed by atoms with Gasteiger partial charge in [0.15, 0.2) is 17.4 Å². The summed E-state index contributed by atoms with van der Waals surface area (Å²) in [5.74, 6) is 0.631. The Morgan fingerprint density at radius 3 is 2.19 bits per heavy atom. The van der Waals surface area contributed by atoms with Crippen molar-refractivity contribution in [1.29, 1.82) is 0 Å². The van der Waals surface area contributed by atoms with Crippen molar-refractivity contribution in [3.8, 4) is 28.7 Å². The fourth-order valence-corrected chi connectivity index (χ4v) is 3.82. The van der Waals surface area contributed by atoms with Crippen molar-refractivity contribution < 1.29 is 26.7 Å². The van der Waals surface area contributed by atoms with Gasteiger partial charge < -0.3 is 4.74 Å². The van der Waals surface area contributed by atoms with Crippen LogP contribution in [-0.2, 0) is 6.42 Å². The molecule has 0 fully saturated rings. The number of alkyl halides is 2. The Morgan fingerprint density at radius 2 is 1.53 bits per heavy atom. The van der Waals surface area contributed by atoms with Crippen LogP contribution >= 0.6 is 0 Å². The Labute approximate surface area is 205 Å². The third-order valence-electron chi connectivity index (χ3n) is 5.62. The van der Waals surface area contributed by atoms with E-state index in [9.17, 15) is 17.6 Å². The van der Waals surface area contributed by atoms with E-state index in [0.717, 1.165) is 36.1 Å². The molecule has 0 aliphatic rings. The van der Waals surface area contributed by atoms with Crippen molar-refractivity contribution in [2.24, 2.45) is 0 Å². The van der Waals surface area contributed by atoms with Gasteiger partial charge in [0.05, 0.1) is 5.56 Å². The third-order valence-corrected chi connectivity index (χ3v) is 5.62. The fraction of sp³-hybridized carbons (Fsp3) is 0.133. The number of aryl methyl sites for hydroxylation is 1. The van der Waals surface area contributed by atoms with E-state index < -0.39 is 29.8 Å². The van der Waals surface area contributed by atoms with Crippen LogP contribution in [0.15, 0.2) is 78.9 Å². The highest BCUT2D eigenvalue weighted by molar-refractivity contribution is 5.89. The van der Waals surface area contributed by atoms with Gasteiger partial charge in [-0.25, -0.2) is 13.2 Å². The molecule has 0 unspecified atom stereocenters. The molecule has 0 saturated carbocycles. The molecule has 0 amide bonds. The van der Waals surface area contributed by atoms with E-state index >= 15 is 4.39 Å². The van der Waals surface area contributed by atoms with Crippen LogP contribution in [0.25, 0.3) is 21.9 Å². The van der Waals surface area contributed by atoms with E-state index in [1.165, 1.54) is 11.6 Å². The van der Waals surface area contributed by atoms with E-state index in [2.05, 4.69) is 34.8 Å². The molecule has 0 radical (unpaired) electrons. The van der Waals surface area contributed by atoms with E-state index in [1.807, 2.05) is 37.3 Å². The largest absolute Gasteiger partial charge is 0.429 e. The molecule has 0 heterocycles. The Balaban J connectivity index is 1.58. The first-order chi connectivity index (χ1) is 17.4. The molecule has 0 aliphatic carbocycles. The van der Waals surface area contributed by atoms with Crippen LogP contribution in [0.5, 0.6) is 5.75 Å². The summed E-state index contributed by atoms with van der Waals surface area (Å²) in [5.41, 5.74) is 3.09. The molecule has 0 atom stereocenters. The van der Waals surface area contributed by atoms with Crippen LogP contribution in [0.2, 0.25) is 0 Å². The molecule has 0 bridgehead atoms. The average molecular weight is 492 g/mol. The minimum absolute atomic E-state index is 0.0365. The topological polar surface area (TPSA) is 9.23 Å². The zero-order valence-electron chi connectivity index (χ0n) is 19.3. The highest BCUT2D eigenvalue weighted by Crippen LogP contribution is 2.28. The minimum Gasteiger partial charge on any atom is -0.429 e. The Bertz CT molecular complexity index is 1450. The lowest BCUT2D eigenvalue weighted by Crippen LogP contribution is -2.06. The van der Waals surface area contributed by atoms with Crippen LogP contribution in [0.4, 0.5) is 22.0 Å². The highest BCUT2D eigenvalue weighted by Gasteiger charge is 2.16. The smallest absolute Gasteiger partial charge is 0.387 e. The SMILES string of the molecule is C/C=C/CCc1ccc(-c2ccc3c(F)c(C#Cc4cc(F)c(OC(F)F)c(F)c4)ccc3c2)cc1. The molecule has 0 aromatic heterocycles. The first-order valence-electron chi connectivity index (χ1n) is 11.2. The number of rotatable bonds is 6. The van der Waals surface area contributed by atoms with E-state index in [4.69, 9.17) is 0 Å². The second-order valence-electron chi connectivity index (χ2n) is 8.07. The van der Waals surface area contributed by atoms with E-state index in [0.29, 0.717) is 10.8 Å². The number of benzene rings is 4. The molecule has 0 N–H and O–H groups in total. The summed E-state index contributed by atoms with van der Waals surface area (Å²) in [7, 11) is 0. The maximum Gasteiger partial charge on any atom is 0.387 e.